The molecule has 2 aliphatic heterocycles. The van der Waals surface area contributed by atoms with Crippen LogP contribution in [-0.4, -0.2) is 26.3 Å². The molecule has 1 amide bonds. The second-order valence-corrected chi connectivity index (χ2v) is 4.36. The summed E-state index contributed by atoms with van der Waals surface area (Å²) in [5.41, 5.74) is 3.80. The van der Waals surface area contributed by atoms with Gasteiger partial charge < -0.3 is 15.0 Å². The SMILES string of the molecule is CN1CCc2cc(C3COC(=O)N3)ccc21. The lowest BCUT2D eigenvalue weighted by atomic mass is 10.0. The summed E-state index contributed by atoms with van der Waals surface area (Å²) >= 11 is 0. The number of amides is 1. The predicted octanol–water partition coefficient (Wildman–Crippen LogP) is 1.46. The number of hydrogen-bond donors (Lipinski definition) is 1. The molecule has 84 valence electrons. The van der Waals surface area contributed by atoms with Crippen molar-refractivity contribution in [1.29, 1.82) is 0 Å². The number of carbonyl (C=O) groups excluding carboxylic acids is 1. The number of fused-ring (bicyclic) bond motifs is 1. The van der Waals surface area contributed by atoms with E-state index in [4.69, 9.17) is 4.74 Å². The average Bonchev–Trinajstić information content (AvgIpc) is 2.86. The van der Waals surface area contributed by atoms with Crippen molar-refractivity contribution in [2.45, 2.75) is 12.5 Å². The highest BCUT2D eigenvalue weighted by Crippen LogP contribution is 2.30. The van der Waals surface area contributed by atoms with Crippen LogP contribution in [0.3, 0.4) is 0 Å². The van der Waals surface area contributed by atoms with Gasteiger partial charge in [0.25, 0.3) is 0 Å². The Labute approximate surface area is 94.2 Å². The number of ether oxygens (including phenoxy) is 1. The van der Waals surface area contributed by atoms with Gasteiger partial charge in [-0.25, -0.2) is 4.79 Å². The summed E-state index contributed by atoms with van der Waals surface area (Å²) < 4.78 is 4.90. The molecule has 2 heterocycles. The van der Waals surface area contributed by atoms with Crippen LogP contribution in [0.5, 0.6) is 0 Å². The first-order valence-electron chi connectivity index (χ1n) is 5.51. The van der Waals surface area contributed by atoms with Gasteiger partial charge in [-0.15, -0.1) is 0 Å². The Balaban J connectivity index is 1.90. The lowest BCUT2D eigenvalue weighted by molar-refractivity contribution is 0.177. The van der Waals surface area contributed by atoms with Crippen molar-refractivity contribution >= 4 is 11.8 Å². The molecule has 1 aromatic carbocycles. The Morgan fingerprint density at radius 3 is 3.12 bits per heavy atom. The molecule has 0 spiro atoms. The van der Waals surface area contributed by atoms with Gasteiger partial charge in [-0.3, -0.25) is 0 Å². The van der Waals surface area contributed by atoms with E-state index in [0.29, 0.717) is 6.61 Å². The summed E-state index contributed by atoms with van der Waals surface area (Å²) in [6, 6.07) is 6.39. The zero-order chi connectivity index (χ0) is 11.1. The monoisotopic (exact) mass is 218 g/mol. The van der Waals surface area contributed by atoms with Gasteiger partial charge in [0, 0.05) is 19.3 Å². The number of rotatable bonds is 1. The van der Waals surface area contributed by atoms with Crippen molar-refractivity contribution in [3.8, 4) is 0 Å². The third kappa shape index (κ3) is 1.41. The van der Waals surface area contributed by atoms with Crippen LogP contribution in [0.4, 0.5) is 10.5 Å². The zero-order valence-corrected chi connectivity index (χ0v) is 9.19. The second-order valence-electron chi connectivity index (χ2n) is 4.36. The van der Waals surface area contributed by atoms with E-state index in [-0.39, 0.29) is 12.1 Å². The van der Waals surface area contributed by atoms with Gasteiger partial charge >= 0.3 is 6.09 Å². The molecular formula is C12H14N2O2. The topological polar surface area (TPSA) is 41.6 Å². The van der Waals surface area contributed by atoms with Crippen LogP contribution in [0.2, 0.25) is 0 Å². The molecule has 2 aliphatic rings. The van der Waals surface area contributed by atoms with E-state index in [2.05, 4.69) is 35.5 Å². The number of likely N-dealkylation sites (N-methyl/N-ethyl adjacent to an activating group) is 1. The zero-order valence-electron chi connectivity index (χ0n) is 9.19. The number of nitrogens with zero attached hydrogens (tertiary/aromatic N) is 1. The highest BCUT2D eigenvalue weighted by Gasteiger charge is 2.25. The molecule has 1 unspecified atom stereocenters. The van der Waals surface area contributed by atoms with Gasteiger partial charge in [0.2, 0.25) is 0 Å². The lowest BCUT2D eigenvalue weighted by Gasteiger charge is -2.13. The molecule has 0 saturated carbocycles. The van der Waals surface area contributed by atoms with Crippen LogP contribution < -0.4 is 10.2 Å². The Bertz CT molecular complexity index is 445. The van der Waals surface area contributed by atoms with E-state index < -0.39 is 0 Å². The molecule has 4 nitrogen and oxygen atoms in total. The van der Waals surface area contributed by atoms with Crippen LogP contribution in [-0.2, 0) is 11.2 Å². The van der Waals surface area contributed by atoms with E-state index in [1.165, 1.54) is 11.3 Å². The van der Waals surface area contributed by atoms with Gasteiger partial charge in [-0.1, -0.05) is 12.1 Å². The summed E-state index contributed by atoms with van der Waals surface area (Å²) in [5, 5.41) is 2.80. The second kappa shape index (κ2) is 3.40. The highest BCUT2D eigenvalue weighted by atomic mass is 16.6. The van der Waals surface area contributed by atoms with Crippen LogP contribution in [0, 0.1) is 0 Å². The van der Waals surface area contributed by atoms with Crippen molar-refractivity contribution in [3.05, 3.63) is 29.3 Å². The van der Waals surface area contributed by atoms with Gasteiger partial charge in [0.15, 0.2) is 0 Å². The Kier molecular flexibility index (Phi) is 2.02. The minimum Gasteiger partial charge on any atom is -0.447 e. The van der Waals surface area contributed by atoms with Crippen molar-refractivity contribution in [2.75, 3.05) is 25.1 Å². The number of benzene rings is 1. The molecular weight excluding hydrogens is 204 g/mol. The molecule has 1 N–H and O–H groups in total. The number of cyclic esters (lactones) is 1. The molecule has 0 aliphatic carbocycles. The summed E-state index contributed by atoms with van der Waals surface area (Å²) in [7, 11) is 2.10. The Morgan fingerprint density at radius 2 is 2.38 bits per heavy atom. The first-order chi connectivity index (χ1) is 7.74. The van der Waals surface area contributed by atoms with Crippen molar-refractivity contribution in [2.24, 2.45) is 0 Å². The fourth-order valence-corrected chi connectivity index (χ4v) is 2.37. The third-order valence-corrected chi connectivity index (χ3v) is 3.31. The minimum absolute atomic E-state index is 0.0173. The van der Waals surface area contributed by atoms with Crippen molar-refractivity contribution in [1.82, 2.24) is 5.32 Å². The maximum absolute atomic E-state index is 11.0. The van der Waals surface area contributed by atoms with Gasteiger partial charge in [-0.2, -0.15) is 0 Å². The van der Waals surface area contributed by atoms with Crippen LogP contribution in [0.25, 0.3) is 0 Å². The van der Waals surface area contributed by atoms with E-state index in [9.17, 15) is 4.79 Å². The smallest absolute Gasteiger partial charge is 0.407 e. The van der Waals surface area contributed by atoms with E-state index in [0.717, 1.165) is 18.5 Å². The van der Waals surface area contributed by atoms with Crippen molar-refractivity contribution in [3.63, 3.8) is 0 Å². The fourth-order valence-electron chi connectivity index (χ4n) is 2.37. The number of nitrogens with one attached hydrogen (secondary N) is 1. The van der Waals surface area contributed by atoms with Gasteiger partial charge in [-0.05, 0) is 23.6 Å². The summed E-state index contributed by atoms with van der Waals surface area (Å²) in [6.45, 7) is 1.51. The molecule has 16 heavy (non-hydrogen) atoms. The minimum atomic E-state index is -0.317. The number of carbonyl (C=O) groups is 1. The number of hydrogen-bond acceptors (Lipinski definition) is 3. The Morgan fingerprint density at radius 1 is 1.50 bits per heavy atom. The third-order valence-electron chi connectivity index (χ3n) is 3.31. The normalized spacial score (nSPS) is 22.9. The molecule has 3 rings (SSSR count). The van der Waals surface area contributed by atoms with Crippen LogP contribution >= 0.6 is 0 Å². The predicted molar refractivity (Wildman–Crippen MR) is 60.6 cm³/mol. The van der Waals surface area contributed by atoms with E-state index >= 15 is 0 Å². The molecule has 1 atom stereocenters. The van der Waals surface area contributed by atoms with E-state index in [1.807, 2.05) is 0 Å². The van der Waals surface area contributed by atoms with Crippen molar-refractivity contribution < 1.29 is 9.53 Å². The number of alkyl carbamates (subject to hydrolysis) is 1. The molecule has 0 bridgehead atoms. The largest absolute Gasteiger partial charge is 0.447 e. The van der Waals surface area contributed by atoms with Gasteiger partial charge in [0.1, 0.15) is 6.61 Å². The molecule has 4 heteroatoms. The Hall–Kier alpha value is -1.71. The summed E-state index contributed by atoms with van der Waals surface area (Å²) in [6.07, 6.45) is 0.767. The highest BCUT2D eigenvalue weighted by molar-refractivity contribution is 5.70. The molecule has 1 saturated heterocycles. The van der Waals surface area contributed by atoms with Crippen LogP contribution in [0.15, 0.2) is 18.2 Å². The first-order valence-corrected chi connectivity index (χ1v) is 5.51. The maximum Gasteiger partial charge on any atom is 0.407 e. The summed E-state index contributed by atoms with van der Waals surface area (Å²) in [4.78, 5) is 13.2. The van der Waals surface area contributed by atoms with Crippen LogP contribution in [0.1, 0.15) is 17.2 Å². The fraction of sp³-hybridized carbons (Fsp3) is 0.417. The average molecular weight is 218 g/mol. The molecule has 1 fully saturated rings. The standard InChI is InChI=1S/C12H14N2O2/c1-14-5-4-9-6-8(2-3-11(9)14)10-7-16-12(15)13-10/h2-3,6,10H,4-5,7H2,1H3,(H,13,15). The number of anilines is 1. The molecule has 0 radical (unpaired) electrons. The lowest BCUT2D eigenvalue weighted by Crippen LogP contribution is -2.18. The van der Waals surface area contributed by atoms with Gasteiger partial charge in [0.05, 0.1) is 6.04 Å². The summed E-state index contributed by atoms with van der Waals surface area (Å²) in [5.74, 6) is 0. The quantitative estimate of drug-likeness (QED) is 0.776. The molecule has 1 aromatic rings. The molecule has 0 aromatic heterocycles. The van der Waals surface area contributed by atoms with E-state index in [1.54, 1.807) is 0 Å². The maximum atomic E-state index is 11.0. The first kappa shape index (κ1) is 9.51.